The number of amides is 3. The van der Waals surface area contributed by atoms with Crippen molar-refractivity contribution < 1.29 is 23.9 Å². The van der Waals surface area contributed by atoms with Gasteiger partial charge < -0.3 is 15.0 Å². The number of fused-ring (bicyclic) bond motifs is 1. The summed E-state index contributed by atoms with van der Waals surface area (Å²) < 4.78 is 5.42. The van der Waals surface area contributed by atoms with Crippen LogP contribution in [0.4, 0.5) is 4.79 Å². The number of aromatic amines is 1. The second kappa shape index (κ2) is 7.82. The lowest BCUT2D eigenvalue weighted by Gasteiger charge is -2.17. The fraction of sp³-hybridized carbons (Fsp3) is 0.182. The Morgan fingerprint density at radius 3 is 2.57 bits per heavy atom. The molecule has 4 rings (SSSR count). The Labute approximate surface area is 171 Å². The molecule has 1 aliphatic heterocycles. The quantitative estimate of drug-likeness (QED) is 0.372. The third-order valence-electron chi connectivity index (χ3n) is 5.01. The minimum absolute atomic E-state index is 0.0548. The van der Waals surface area contributed by atoms with Gasteiger partial charge in [0.2, 0.25) is 11.7 Å². The van der Waals surface area contributed by atoms with E-state index in [0.29, 0.717) is 11.1 Å². The number of H-pyrrole nitrogens is 1. The minimum atomic E-state index is -1.01. The number of imide groups is 1. The van der Waals surface area contributed by atoms with Crippen LogP contribution >= 0.6 is 0 Å². The number of ether oxygens (including phenoxy) is 1. The highest BCUT2D eigenvalue weighted by atomic mass is 16.5. The molecular weight excluding hydrogens is 386 g/mol. The highest BCUT2D eigenvalue weighted by Gasteiger charge is 2.30. The molecule has 2 N–H and O–H groups in total. The number of aromatic nitrogens is 1. The van der Waals surface area contributed by atoms with Gasteiger partial charge in [-0.05, 0) is 24.6 Å². The molecule has 1 fully saturated rings. The van der Waals surface area contributed by atoms with Crippen molar-refractivity contribution in [2.24, 2.45) is 0 Å². The fourth-order valence-electron chi connectivity index (χ4n) is 3.41. The maximum atomic E-state index is 12.8. The van der Waals surface area contributed by atoms with E-state index in [1.165, 1.54) is 6.92 Å². The van der Waals surface area contributed by atoms with E-state index in [0.717, 1.165) is 15.8 Å². The van der Waals surface area contributed by atoms with Crippen LogP contribution in [0.15, 0.2) is 54.7 Å². The van der Waals surface area contributed by atoms with Crippen molar-refractivity contribution in [2.45, 2.75) is 19.6 Å². The highest BCUT2D eigenvalue weighted by molar-refractivity contribution is 6.10. The molecule has 1 atom stereocenters. The number of carbonyl (C=O) groups is 4. The summed E-state index contributed by atoms with van der Waals surface area (Å²) >= 11 is 0. The maximum absolute atomic E-state index is 12.8. The van der Waals surface area contributed by atoms with E-state index < -0.39 is 18.1 Å². The van der Waals surface area contributed by atoms with Gasteiger partial charge in [0.05, 0.1) is 18.7 Å². The first kappa shape index (κ1) is 19.4. The first-order chi connectivity index (χ1) is 14.5. The van der Waals surface area contributed by atoms with Crippen LogP contribution in [0.3, 0.4) is 0 Å². The van der Waals surface area contributed by atoms with E-state index in [9.17, 15) is 19.2 Å². The fourth-order valence-corrected chi connectivity index (χ4v) is 3.41. The van der Waals surface area contributed by atoms with Gasteiger partial charge in [0.25, 0.3) is 0 Å². The van der Waals surface area contributed by atoms with Gasteiger partial charge in [-0.25, -0.2) is 9.59 Å². The average Bonchev–Trinajstić information content (AvgIpc) is 3.32. The predicted molar refractivity (Wildman–Crippen MR) is 108 cm³/mol. The molecule has 1 aliphatic rings. The van der Waals surface area contributed by atoms with E-state index in [2.05, 4.69) is 10.3 Å². The van der Waals surface area contributed by atoms with Crippen LogP contribution < -0.4 is 5.32 Å². The minimum Gasteiger partial charge on any atom is -0.451 e. The predicted octanol–water partition coefficient (Wildman–Crippen LogP) is 2.65. The monoisotopic (exact) mass is 405 g/mol. The van der Waals surface area contributed by atoms with Gasteiger partial charge in [-0.15, -0.1) is 0 Å². The smallest absolute Gasteiger partial charge is 0.339 e. The van der Waals surface area contributed by atoms with Crippen molar-refractivity contribution in [1.82, 2.24) is 15.2 Å². The zero-order valence-electron chi connectivity index (χ0n) is 16.2. The van der Waals surface area contributed by atoms with Gasteiger partial charge in [0.1, 0.15) is 0 Å². The van der Waals surface area contributed by atoms with Crippen molar-refractivity contribution in [1.29, 1.82) is 0 Å². The molecule has 2 aromatic carbocycles. The standard InChI is InChI=1S/C22H19N3O5/c1-13(20(27)17-10-23-18-9-5-4-8-16(17)18)30-21(28)15-7-3-2-6-14(15)12-25-19(26)11-24-22(25)29/h2-10,13,23H,11-12H2,1H3,(H,24,29)/t13-/m1/s1. The van der Waals surface area contributed by atoms with Crippen molar-refractivity contribution >= 4 is 34.6 Å². The lowest BCUT2D eigenvalue weighted by Crippen LogP contribution is -2.31. The Morgan fingerprint density at radius 1 is 1.07 bits per heavy atom. The Hall–Kier alpha value is -3.94. The number of Topliss-reactive ketones (excluding diaryl/α,β-unsaturated/α-hetero) is 1. The number of urea groups is 1. The van der Waals surface area contributed by atoms with Crippen LogP contribution in [0.5, 0.6) is 0 Å². The van der Waals surface area contributed by atoms with Crippen molar-refractivity contribution in [2.75, 3.05) is 6.54 Å². The third-order valence-corrected chi connectivity index (χ3v) is 5.01. The molecule has 1 saturated heterocycles. The van der Waals surface area contributed by atoms with Crippen molar-refractivity contribution in [3.05, 3.63) is 71.4 Å². The zero-order chi connectivity index (χ0) is 21.3. The Morgan fingerprint density at radius 2 is 1.80 bits per heavy atom. The molecule has 0 radical (unpaired) electrons. The third kappa shape index (κ3) is 3.55. The van der Waals surface area contributed by atoms with Gasteiger partial charge in [0.15, 0.2) is 6.10 Å². The lowest BCUT2D eigenvalue weighted by atomic mass is 10.1. The molecule has 1 aromatic heterocycles. The van der Waals surface area contributed by atoms with Crippen LogP contribution in [0, 0.1) is 0 Å². The van der Waals surface area contributed by atoms with E-state index in [1.54, 1.807) is 30.5 Å². The van der Waals surface area contributed by atoms with E-state index >= 15 is 0 Å². The number of rotatable bonds is 6. The second-order valence-corrected chi connectivity index (χ2v) is 6.96. The number of nitrogens with zero attached hydrogens (tertiary/aromatic N) is 1. The highest BCUT2D eigenvalue weighted by Crippen LogP contribution is 2.21. The second-order valence-electron chi connectivity index (χ2n) is 6.96. The summed E-state index contributed by atoms with van der Waals surface area (Å²) in [5.41, 5.74) is 1.92. The first-order valence-electron chi connectivity index (χ1n) is 9.43. The van der Waals surface area contributed by atoms with Gasteiger partial charge in [0, 0.05) is 22.7 Å². The number of benzene rings is 2. The first-order valence-corrected chi connectivity index (χ1v) is 9.43. The number of para-hydroxylation sites is 1. The average molecular weight is 405 g/mol. The number of ketones is 1. The van der Waals surface area contributed by atoms with E-state index in [4.69, 9.17) is 4.74 Å². The van der Waals surface area contributed by atoms with Crippen molar-refractivity contribution in [3.8, 4) is 0 Å². The molecule has 8 nitrogen and oxygen atoms in total. The molecule has 0 aliphatic carbocycles. The number of hydrogen-bond acceptors (Lipinski definition) is 5. The summed E-state index contributed by atoms with van der Waals surface area (Å²) in [6, 6.07) is 13.4. The van der Waals surface area contributed by atoms with Crippen molar-refractivity contribution in [3.63, 3.8) is 0 Å². The summed E-state index contributed by atoms with van der Waals surface area (Å²) in [6.07, 6.45) is 0.588. The summed E-state index contributed by atoms with van der Waals surface area (Å²) in [5.74, 6) is -1.39. The normalized spacial score (nSPS) is 14.6. The molecule has 0 unspecified atom stereocenters. The van der Waals surface area contributed by atoms with Crippen LogP contribution in [0.1, 0.15) is 33.2 Å². The SMILES string of the molecule is C[C@@H](OC(=O)c1ccccc1CN1C(=O)CNC1=O)C(=O)c1c[nH]c2ccccc12. The lowest BCUT2D eigenvalue weighted by molar-refractivity contribution is -0.125. The molecule has 3 amide bonds. The molecule has 0 saturated carbocycles. The van der Waals surface area contributed by atoms with Gasteiger partial charge in [-0.2, -0.15) is 0 Å². The molecule has 0 spiro atoms. The molecule has 3 aromatic rings. The summed E-state index contributed by atoms with van der Waals surface area (Å²) in [7, 11) is 0. The summed E-state index contributed by atoms with van der Waals surface area (Å²) in [4.78, 5) is 53.3. The number of carbonyl (C=O) groups excluding carboxylic acids is 4. The summed E-state index contributed by atoms with van der Waals surface area (Å²) in [6.45, 7) is 1.39. The van der Waals surface area contributed by atoms with E-state index in [-0.39, 0.29) is 30.3 Å². The van der Waals surface area contributed by atoms with Gasteiger partial charge in [-0.3, -0.25) is 14.5 Å². The molecule has 152 valence electrons. The Kier molecular flexibility index (Phi) is 5.05. The molecule has 30 heavy (non-hydrogen) atoms. The largest absolute Gasteiger partial charge is 0.451 e. The Bertz CT molecular complexity index is 1150. The van der Waals surface area contributed by atoms with E-state index in [1.807, 2.05) is 24.3 Å². The van der Waals surface area contributed by atoms with Gasteiger partial charge in [-0.1, -0.05) is 36.4 Å². The van der Waals surface area contributed by atoms with Crippen LogP contribution in [-0.2, 0) is 16.1 Å². The molecule has 8 heteroatoms. The number of esters is 1. The van der Waals surface area contributed by atoms with Crippen LogP contribution in [0.25, 0.3) is 10.9 Å². The topological polar surface area (TPSA) is 109 Å². The molecule has 0 bridgehead atoms. The van der Waals surface area contributed by atoms with Crippen LogP contribution in [-0.4, -0.2) is 46.2 Å². The molecular formula is C22H19N3O5. The van der Waals surface area contributed by atoms with Crippen LogP contribution in [0.2, 0.25) is 0 Å². The zero-order valence-corrected chi connectivity index (χ0v) is 16.2. The Balaban J connectivity index is 1.52. The number of nitrogens with one attached hydrogen (secondary N) is 2. The number of hydrogen-bond donors (Lipinski definition) is 2. The van der Waals surface area contributed by atoms with Gasteiger partial charge >= 0.3 is 12.0 Å². The molecule has 2 heterocycles. The summed E-state index contributed by atoms with van der Waals surface area (Å²) in [5, 5.41) is 3.19. The maximum Gasteiger partial charge on any atom is 0.339 e.